The monoisotopic (exact) mass is 312 g/mol. The molecule has 1 unspecified atom stereocenters. The Hall–Kier alpha value is -1.42. The molecule has 0 saturated heterocycles. The molecule has 2 N–H and O–H groups in total. The minimum absolute atomic E-state index is 0.245. The van der Waals surface area contributed by atoms with E-state index in [1.54, 1.807) is 0 Å². The summed E-state index contributed by atoms with van der Waals surface area (Å²) in [5.74, 6) is 0.245. The minimum atomic E-state index is -4.44. The fourth-order valence-electron chi connectivity index (χ4n) is 1.43. The van der Waals surface area contributed by atoms with Gasteiger partial charge in [0.05, 0.1) is 18.8 Å². The highest BCUT2D eigenvalue weighted by Gasteiger charge is 2.32. The SMILES string of the molecule is CCNc1ncc(S(=O)(=O)NC(C)CC(F)(F)F)cn1. The van der Waals surface area contributed by atoms with Gasteiger partial charge in [0, 0.05) is 12.6 Å². The lowest BCUT2D eigenvalue weighted by Gasteiger charge is -2.15. The Balaban J connectivity index is 2.78. The van der Waals surface area contributed by atoms with E-state index in [0.717, 1.165) is 19.3 Å². The molecule has 0 bridgehead atoms. The lowest BCUT2D eigenvalue weighted by atomic mass is 10.2. The fourth-order valence-corrected chi connectivity index (χ4v) is 2.56. The average Bonchev–Trinajstić information content (AvgIpc) is 2.26. The molecular weight excluding hydrogens is 297 g/mol. The number of halogens is 3. The van der Waals surface area contributed by atoms with E-state index in [1.165, 1.54) is 0 Å². The lowest BCUT2D eigenvalue weighted by molar-refractivity contribution is -0.137. The number of alkyl halides is 3. The van der Waals surface area contributed by atoms with Crippen LogP contribution in [0.2, 0.25) is 0 Å². The fraction of sp³-hybridized carbons (Fsp3) is 0.600. The van der Waals surface area contributed by atoms with E-state index < -0.39 is 28.7 Å². The van der Waals surface area contributed by atoms with Crippen LogP contribution in [0.5, 0.6) is 0 Å². The summed E-state index contributed by atoms with van der Waals surface area (Å²) in [7, 11) is -4.07. The summed E-state index contributed by atoms with van der Waals surface area (Å²) < 4.78 is 62.0. The van der Waals surface area contributed by atoms with Gasteiger partial charge in [-0.2, -0.15) is 13.2 Å². The zero-order chi connectivity index (χ0) is 15.4. The second-order valence-electron chi connectivity index (χ2n) is 4.11. The molecule has 1 rings (SSSR count). The number of rotatable bonds is 6. The Morgan fingerprint density at radius 1 is 1.30 bits per heavy atom. The zero-order valence-corrected chi connectivity index (χ0v) is 11.7. The van der Waals surface area contributed by atoms with Gasteiger partial charge in [0.1, 0.15) is 4.90 Å². The van der Waals surface area contributed by atoms with Gasteiger partial charge in [-0.25, -0.2) is 23.1 Å². The number of aromatic nitrogens is 2. The van der Waals surface area contributed by atoms with Gasteiger partial charge in [-0.15, -0.1) is 0 Å². The van der Waals surface area contributed by atoms with Crippen LogP contribution in [0.1, 0.15) is 20.3 Å². The highest BCUT2D eigenvalue weighted by Crippen LogP contribution is 2.22. The first-order valence-corrected chi connectivity index (χ1v) is 7.27. The molecule has 1 heterocycles. The molecule has 0 aliphatic rings. The maximum absolute atomic E-state index is 12.2. The smallest absolute Gasteiger partial charge is 0.355 e. The van der Waals surface area contributed by atoms with Crippen LogP contribution in [-0.2, 0) is 10.0 Å². The molecule has 0 fully saturated rings. The molecule has 0 aliphatic heterocycles. The zero-order valence-electron chi connectivity index (χ0n) is 10.9. The molecule has 0 aromatic carbocycles. The topological polar surface area (TPSA) is 84.0 Å². The molecule has 0 amide bonds. The summed E-state index contributed by atoms with van der Waals surface area (Å²) >= 11 is 0. The Morgan fingerprint density at radius 2 is 1.85 bits per heavy atom. The molecule has 0 saturated carbocycles. The number of nitrogens with one attached hydrogen (secondary N) is 2. The van der Waals surface area contributed by atoms with Gasteiger partial charge in [0.2, 0.25) is 16.0 Å². The van der Waals surface area contributed by atoms with Crippen LogP contribution in [0.4, 0.5) is 19.1 Å². The molecule has 0 aliphatic carbocycles. The summed E-state index contributed by atoms with van der Waals surface area (Å²) in [4.78, 5) is 7.22. The third kappa shape index (κ3) is 5.29. The molecule has 114 valence electrons. The van der Waals surface area contributed by atoms with Crippen molar-refractivity contribution in [2.45, 2.75) is 37.4 Å². The van der Waals surface area contributed by atoms with Crippen LogP contribution in [0, 0.1) is 0 Å². The second-order valence-corrected chi connectivity index (χ2v) is 5.83. The number of sulfonamides is 1. The lowest BCUT2D eigenvalue weighted by Crippen LogP contribution is -2.36. The van der Waals surface area contributed by atoms with Crippen molar-refractivity contribution in [3.63, 3.8) is 0 Å². The average molecular weight is 312 g/mol. The van der Waals surface area contributed by atoms with E-state index in [1.807, 2.05) is 11.6 Å². The van der Waals surface area contributed by atoms with Crippen LogP contribution in [0.25, 0.3) is 0 Å². The van der Waals surface area contributed by atoms with E-state index in [0.29, 0.717) is 6.54 Å². The van der Waals surface area contributed by atoms with Crippen molar-refractivity contribution in [2.75, 3.05) is 11.9 Å². The maximum atomic E-state index is 12.2. The first kappa shape index (κ1) is 16.6. The largest absolute Gasteiger partial charge is 0.390 e. The molecule has 1 aromatic rings. The van der Waals surface area contributed by atoms with Gasteiger partial charge in [0.25, 0.3) is 0 Å². The van der Waals surface area contributed by atoms with E-state index in [2.05, 4.69) is 15.3 Å². The van der Waals surface area contributed by atoms with Gasteiger partial charge in [-0.05, 0) is 13.8 Å². The molecule has 20 heavy (non-hydrogen) atoms. The Kier molecular flexibility index (Phi) is 5.28. The van der Waals surface area contributed by atoms with E-state index in [4.69, 9.17) is 0 Å². The molecule has 0 spiro atoms. The van der Waals surface area contributed by atoms with Crippen molar-refractivity contribution in [1.29, 1.82) is 0 Å². The normalized spacial score (nSPS) is 14.1. The quantitative estimate of drug-likeness (QED) is 0.832. The van der Waals surface area contributed by atoms with Crippen molar-refractivity contribution in [3.8, 4) is 0 Å². The van der Waals surface area contributed by atoms with Crippen LogP contribution in [0.3, 0.4) is 0 Å². The van der Waals surface area contributed by atoms with Crippen LogP contribution in [0.15, 0.2) is 17.3 Å². The Labute approximate surface area is 114 Å². The van der Waals surface area contributed by atoms with Crippen molar-refractivity contribution in [1.82, 2.24) is 14.7 Å². The van der Waals surface area contributed by atoms with Crippen molar-refractivity contribution in [3.05, 3.63) is 12.4 Å². The molecule has 10 heteroatoms. The number of anilines is 1. The molecule has 1 atom stereocenters. The molecule has 1 aromatic heterocycles. The number of hydrogen-bond acceptors (Lipinski definition) is 5. The molecular formula is C10H15F3N4O2S. The van der Waals surface area contributed by atoms with Gasteiger partial charge in [-0.1, -0.05) is 0 Å². The predicted octanol–water partition coefficient (Wildman–Crippen LogP) is 1.53. The van der Waals surface area contributed by atoms with Crippen molar-refractivity contribution in [2.24, 2.45) is 0 Å². The number of nitrogens with zero attached hydrogens (tertiary/aromatic N) is 2. The standard InChI is InChI=1S/C10H15F3N4O2S/c1-3-14-9-15-5-8(6-16-9)20(18,19)17-7(2)4-10(11,12)13/h5-7,17H,3-4H2,1-2H3,(H,14,15,16). The van der Waals surface area contributed by atoms with E-state index >= 15 is 0 Å². The summed E-state index contributed by atoms with van der Waals surface area (Å²) in [6, 6.07) is -1.27. The minimum Gasteiger partial charge on any atom is -0.355 e. The Bertz CT molecular complexity index is 530. The van der Waals surface area contributed by atoms with Gasteiger partial charge in [-0.3, -0.25) is 0 Å². The maximum Gasteiger partial charge on any atom is 0.390 e. The first-order chi connectivity index (χ1) is 9.14. The van der Waals surface area contributed by atoms with Crippen molar-refractivity contribution < 1.29 is 21.6 Å². The predicted molar refractivity (Wildman–Crippen MR) is 66.7 cm³/mol. The summed E-state index contributed by atoms with van der Waals surface area (Å²) in [6.45, 7) is 3.51. The highest BCUT2D eigenvalue weighted by atomic mass is 32.2. The highest BCUT2D eigenvalue weighted by molar-refractivity contribution is 7.89. The van der Waals surface area contributed by atoms with Crippen LogP contribution in [-0.4, -0.2) is 37.1 Å². The van der Waals surface area contributed by atoms with Crippen LogP contribution < -0.4 is 10.0 Å². The van der Waals surface area contributed by atoms with Gasteiger partial charge < -0.3 is 5.32 Å². The molecule has 6 nitrogen and oxygen atoms in total. The first-order valence-electron chi connectivity index (χ1n) is 5.79. The van der Waals surface area contributed by atoms with E-state index in [9.17, 15) is 21.6 Å². The van der Waals surface area contributed by atoms with Crippen LogP contribution >= 0.6 is 0 Å². The second kappa shape index (κ2) is 6.35. The van der Waals surface area contributed by atoms with Crippen molar-refractivity contribution >= 4 is 16.0 Å². The Morgan fingerprint density at radius 3 is 2.30 bits per heavy atom. The third-order valence-corrected chi connectivity index (χ3v) is 3.71. The summed E-state index contributed by atoms with van der Waals surface area (Å²) in [5.41, 5.74) is 0. The van der Waals surface area contributed by atoms with Gasteiger partial charge >= 0.3 is 6.18 Å². The molecule has 0 radical (unpaired) electrons. The summed E-state index contributed by atoms with van der Waals surface area (Å²) in [6.07, 6.45) is -3.61. The number of hydrogen-bond donors (Lipinski definition) is 2. The summed E-state index contributed by atoms with van der Waals surface area (Å²) in [5, 5.41) is 2.77. The third-order valence-electron chi connectivity index (χ3n) is 2.17. The van der Waals surface area contributed by atoms with Gasteiger partial charge in [0.15, 0.2) is 0 Å². The van der Waals surface area contributed by atoms with E-state index in [-0.39, 0.29) is 10.8 Å².